The molecule has 36 heavy (non-hydrogen) atoms. The van der Waals surface area contributed by atoms with E-state index in [-0.39, 0.29) is 11.2 Å². The molecule has 6 heteroatoms. The molecule has 0 fully saturated rings. The molecule has 0 aromatic heterocycles. The van der Waals surface area contributed by atoms with Gasteiger partial charge in [-0.1, -0.05) is 58.0 Å². The third kappa shape index (κ3) is 5.76. The second-order valence-corrected chi connectivity index (χ2v) is 9.67. The monoisotopic (exact) mass is 491 g/mol. The van der Waals surface area contributed by atoms with Gasteiger partial charge in [-0.3, -0.25) is 4.79 Å². The number of nitrogens with one attached hydrogen (secondary N) is 1. The van der Waals surface area contributed by atoms with E-state index in [9.17, 15) is 4.79 Å². The topological polar surface area (TPSA) is 66.0 Å². The number of ether oxygens (including phenoxy) is 4. The van der Waals surface area contributed by atoms with Gasteiger partial charge in [-0.25, -0.2) is 0 Å². The van der Waals surface area contributed by atoms with E-state index in [0.717, 1.165) is 5.56 Å². The van der Waals surface area contributed by atoms with Gasteiger partial charge >= 0.3 is 0 Å². The first-order valence-corrected chi connectivity index (χ1v) is 12.0. The van der Waals surface area contributed by atoms with E-state index >= 15 is 0 Å². The van der Waals surface area contributed by atoms with Gasteiger partial charge in [0.1, 0.15) is 0 Å². The minimum Gasteiger partial charge on any atom is -0.493 e. The van der Waals surface area contributed by atoms with Crippen molar-refractivity contribution in [1.29, 1.82) is 0 Å². The zero-order valence-corrected chi connectivity index (χ0v) is 22.5. The van der Waals surface area contributed by atoms with E-state index in [1.165, 1.54) is 5.56 Å². The summed E-state index contributed by atoms with van der Waals surface area (Å²) in [6, 6.07) is 17.2. The molecule has 0 bridgehead atoms. The maximum absolute atomic E-state index is 13.6. The number of ketones is 1. The van der Waals surface area contributed by atoms with E-state index in [4.69, 9.17) is 18.9 Å². The Morgan fingerprint density at radius 1 is 0.778 bits per heavy atom. The normalized spacial score (nSPS) is 11.2. The summed E-state index contributed by atoms with van der Waals surface area (Å²) in [5.74, 6) is 2.72. The van der Waals surface area contributed by atoms with Crippen LogP contribution in [0.25, 0.3) is 0 Å². The molecule has 3 rings (SSSR count). The highest BCUT2D eigenvalue weighted by molar-refractivity contribution is 6.12. The van der Waals surface area contributed by atoms with Crippen LogP contribution in [0, 0.1) is 0 Å². The number of hydrogen-bond donors (Lipinski definition) is 1. The van der Waals surface area contributed by atoms with Crippen molar-refractivity contribution in [2.24, 2.45) is 0 Å². The average Bonchev–Trinajstić information content (AvgIpc) is 2.90. The Hall–Kier alpha value is -3.67. The van der Waals surface area contributed by atoms with E-state index < -0.39 is 0 Å². The summed E-state index contributed by atoms with van der Waals surface area (Å²) in [7, 11) is 6.40. The van der Waals surface area contributed by atoms with Crippen LogP contribution >= 0.6 is 0 Å². The lowest BCUT2D eigenvalue weighted by Crippen LogP contribution is -2.28. The van der Waals surface area contributed by atoms with Gasteiger partial charge < -0.3 is 24.3 Å². The molecule has 0 heterocycles. The summed E-state index contributed by atoms with van der Waals surface area (Å²) in [6.45, 7) is 9.09. The summed E-state index contributed by atoms with van der Waals surface area (Å²) in [4.78, 5) is 13.6. The van der Waals surface area contributed by atoms with E-state index in [1.807, 2.05) is 48.5 Å². The van der Waals surface area contributed by atoms with Crippen LogP contribution in [0.1, 0.15) is 60.7 Å². The highest BCUT2D eigenvalue weighted by Gasteiger charge is 2.25. The van der Waals surface area contributed by atoms with Crippen LogP contribution < -0.4 is 24.3 Å². The second kappa shape index (κ2) is 11.4. The van der Waals surface area contributed by atoms with Crippen molar-refractivity contribution >= 4 is 11.5 Å². The summed E-state index contributed by atoms with van der Waals surface area (Å²) in [5.41, 5.74) is 3.80. The SMILES string of the molecule is COc1ccc(C(C)(C)CNc2cc(OC)c(OC)cc2C(=O)c2ccc(C(C)C)cc2)cc1OC. The van der Waals surface area contributed by atoms with E-state index in [1.54, 1.807) is 34.5 Å². The Kier molecular flexibility index (Phi) is 8.51. The Morgan fingerprint density at radius 3 is 1.89 bits per heavy atom. The molecule has 0 saturated carbocycles. The minimum absolute atomic E-state index is 0.0855. The smallest absolute Gasteiger partial charge is 0.195 e. The molecule has 3 aromatic rings. The van der Waals surface area contributed by atoms with Gasteiger partial charge in [0.05, 0.1) is 28.4 Å². The van der Waals surface area contributed by atoms with Crippen molar-refractivity contribution in [3.05, 3.63) is 76.9 Å². The zero-order chi connectivity index (χ0) is 26.5. The molecule has 6 nitrogen and oxygen atoms in total. The molecule has 0 spiro atoms. The molecular weight excluding hydrogens is 454 g/mol. The molecule has 0 radical (unpaired) electrons. The average molecular weight is 492 g/mol. The van der Waals surface area contributed by atoms with Gasteiger partial charge in [0.25, 0.3) is 0 Å². The molecule has 0 unspecified atom stereocenters. The van der Waals surface area contributed by atoms with Gasteiger partial charge in [-0.15, -0.1) is 0 Å². The summed E-state index contributed by atoms with van der Waals surface area (Å²) in [6.07, 6.45) is 0. The van der Waals surface area contributed by atoms with Gasteiger partial charge in [-0.2, -0.15) is 0 Å². The lowest BCUT2D eigenvalue weighted by Gasteiger charge is -2.28. The number of rotatable bonds is 11. The van der Waals surface area contributed by atoms with Gasteiger partial charge in [-0.05, 0) is 35.2 Å². The standard InChI is InChI=1S/C30H37NO5/c1-19(2)20-9-11-21(12-10-20)29(32)23-16-27(35-7)28(36-8)17-24(23)31-18-30(3,4)22-13-14-25(33-5)26(15-22)34-6/h9-17,19,31H,18H2,1-8H3. The van der Waals surface area contributed by atoms with E-state index in [2.05, 4.69) is 33.0 Å². The number of carbonyl (C=O) groups excluding carboxylic acids is 1. The highest BCUT2D eigenvalue weighted by Crippen LogP contribution is 2.37. The largest absolute Gasteiger partial charge is 0.493 e. The number of carbonyl (C=O) groups is 1. The van der Waals surface area contributed by atoms with Crippen LogP contribution in [0.15, 0.2) is 54.6 Å². The molecule has 3 aromatic carbocycles. The number of hydrogen-bond acceptors (Lipinski definition) is 6. The predicted molar refractivity (Wildman–Crippen MR) is 145 cm³/mol. The fourth-order valence-corrected chi connectivity index (χ4v) is 4.06. The molecule has 0 aliphatic rings. The van der Waals surface area contributed by atoms with Crippen LogP contribution in [0.5, 0.6) is 23.0 Å². The Morgan fingerprint density at radius 2 is 1.33 bits per heavy atom. The first kappa shape index (κ1) is 26.9. The second-order valence-electron chi connectivity index (χ2n) is 9.67. The van der Waals surface area contributed by atoms with Crippen LogP contribution in [0.4, 0.5) is 5.69 Å². The third-order valence-corrected chi connectivity index (χ3v) is 6.49. The van der Waals surface area contributed by atoms with Crippen molar-refractivity contribution in [2.75, 3.05) is 40.3 Å². The molecule has 0 amide bonds. The quantitative estimate of drug-likeness (QED) is 0.310. The number of methoxy groups -OCH3 is 4. The summed E-state index contributed by atoms with van der Waals surface area (Å²) in [5, 5.41) is 3.50. The maximum Gasteiger partial charge on any atom is 0.195 e. The molecule has 1 N–H and O–H groups in total. The number of anilines is 1. The maximum atomic E-state index is 13.6. The molecular formula is C30H37NO5. The van der Waals surface area contributed by atoms with Gasteiger partial charge in [0.15, 0.2) is 28.8 Å². The molecule has 0 aliphatic heterocycles. The summed E-state index contributed by atoms with van der Waals surface area (Å²) < 4.78 is 21.9. The molecule has 0 atom stereocenters. The fraction of sp³-hybridized carbons (Fsp3) is 0.367. The van der Waals surface area contributed by atoms with Crippen molar-refractivity contribution in [3.63, 3.8) is 0 Å². The van der Waals surface area contributed by atoms with Crippen LogP contribution in [-0.4, -0.2) is 40.8 Å². The Bertz CT molecular complexity index is 1200. The van der Waals surface area contributed by atoms with E-state index in [0.29, 0.717) is 52.3 Å². The first-order valence-electron chi connectivity index (χ1n) is 12.0. The lowest BCUT2D eigenvalue weighted by molar-refractivity contribution is 0.103. The number of benzene rings is 3. The highest BCUT2D eigenvalue weighted by atomic mass is 16.5. The van der Waals surface area contributed by atoms with Crippen molar-refractivity contribution in [2.45, 2.75) is 39.0 Å². The van der Waals surface area contributed by atoms with Crippen LogP contribution in [0.2, 0.25) is 0 Å². The van der Waals surface area contributed by atoms with Gasteiger partial charge in [0.2, 0.25) is 0 Å². The van der Waals surface area contributed by atoms with Crippen molar-refractivity contribution < 1.29 is 23.7 Å². The molecule has 192 valence electrons. The van der Waals surface area contributed by atoms with Gasteiger partial charge in [0, 0.05) is 34.8 Å². The summed E-state index contributed by atoms with van der Waals surface area (Å²) >= 11 is 0. The fourth-order valence-electron chi connectivity index (χ4n) is 4.06. The van der Waals surface area contributed by atoms with Crippen molar-refractivity contribution in [3.8, 4) is 23.0 Å². The Balaban J connectivity index is 1.96. The van der Waals surface area contributed by atoms with Crippen LogP contribution in [-0.2, 0) is 5.41 Å². The zero-order valence-electron chi connectivity index (χ0n) is 22.5. The molecule has 0 aliphatic carbocycles. The van der Waals surface area contributed by atoms with Crippen molar-refractivity contribution in [1.82, 2.24) is 0 Å². The predicted octanol–water partition coefficient (Wildman–Crippen LogP) is 6.47. The third-order valence-electron chi connectivity index (χ3n) is 6.49. The lowest BCUT2D eigenvalue weighted by atomic mass is 9.84. The van der Waals surface area contributed by atoms with Crippen LogP contribution in [0.3, 0.4) is 0 Å². The first-order chi connectivity index (χ1) is 17.1. The Labute approximate surface area is 214 Å². The minimum atomic E-state index is -0.286. The molecule has 0 saturated heterocycles.